The molecule has 1 aliphatic heterocycles. The predicted molar refractivity (Wildman–Crippen MR) is 112 cm³/mol. The normalized spacial score (nSPS) is 17.9. The number of benzene rings is 1. The number of carbonyl (C=O) groups excluding carboxylic acids is 2. The van der Waals surface area contributed by atoms with Crippen LogP contribution >= 0.6 is 11.3 Å². The molecule has 3 heterocycles. The van der Waals surface area contributed by atoms with Gasteiger partial charge in [-0.2, -0.15) is 5.10 Å². The van der Waals surface area contributed by atoms with E-state index in [2.05, 4.69) is 10.4 Å². The SMILES string of the molecule is CC(=O)c1ccc(NC(=O)c2cc(-c3cccs3)n(C3CCS(=O)(=O)C3)n2)cc1. The van der Waals surface area contributed by atoms with E-state index >= 15 is 0 Å². The van der Waals surface area contributed by atoms with Crippen LogP contribution in [0.1, 0.15) is 40.2 Å². The van der Waals surface area contributed by atoms with Crippen LogP contribution in [0.2, 0.25) is 0 Å². The Kier molecular flexibility index (Phi) is 5.10. The molecule has 150 valence electrons. The summed E-state index contributed by atoms with van der Waals surface area (Å²) in [6.45, 7) is 1.48. The van der Waals surface area contributed by atoms with Gasteiger partial charge in [-0.05, 0) is 55.1 Å². The van der Waals surface area contributed by atoms with E-state index in [1.807, 2.05) is 17.5 Å². The number of sulfone groups is 1. The average Bonchev–Trinajstić information content (AvgIpc) is 3.40. The zero-order valence-electron chi connectivity index (χ0n) is 15.7. The van der Waals surface area contributed by atoms with Crippen molar-refractivity contribution in [3.05, 3.63) is 59.1 Å². The second kappa shape index (κ2) is 7.57. The Bertz CT molecular complexity index is 1160. The van der Waals surface area contributed by atoms with Crippen molar-refractivity contribution >= 4 is 38.6 Å². The van der Waals surface area contributed by atoms with Gasteiger partial charge >= 0.3 is 0 Å². The zero-order chi connectivity index (χ0) is 20.6. The Hall–Kier alpha value is -2.78. The molecule has 1 saturated heterocycles. The van der Waals surface area contributed by atoms with Gasteiger partial charge in [0.1, 0.15) is 0 Å². The summed E-state index contributed by atoms with van der Waals surface area (Å²) >= 11 is 1.51. The molecule has 1 atom stereocenters. The van der Waals surface area contributed by atoms with E-state index in [0.29, 0.717) is 17.7 Å². The van der Waals surface area contributed by atoms with E-state index in [1.54, 1.807) is 35.0 Å². The lowest BCUT2D eigenvalue weighted by Crippen LogP contribution is -2.16. The summed E-state index contributed by atoms with van der Waals surface area (Å²) in [6.07, 6.45) is 0.482. The number of amides is 1. The third-order valence-electron chi connectivity index (χ3n) is 4.85. The lowest BCUT2D eigenvalue weighted by atomic mass is 10.1. The number of carbonyl (C=O) groups is 2. The smallest absolute Gasteiger partial charge is 0.276 e. The van der Waals surface area contributed by atoms with E-state index in [1.165, 1.54) is 18.3 Å². The lowest BCUT2D eigenvalue weighted by Gasteiger charge is -2.12. The summed E-state index contributed by atoms with van der Waals surface area (Å²) < 4.78 is 25.5. The molecule has 7 nitrogen and oxygen atoms in total. The van der Waals surface area contributed by atoms with Gasteiger partial charge in [0.15, 0.2) is 21.3 Å². The molecule has 9 heteroatoms. The van der Waals surface area contributed by atoms with E-state index in [4.69, 9.17) is 0 Å². The first-order chi connectivity index (χ1) is 13.8. The molecule has 0 radical (unpaired) electrons. The number of thiophene rings is 1. The summed E-state index contributed by atoms with van der Waals surface area (Å²) in [6, 6.07) is 11.9. The Morgan fingerprint density at radius 1 is 1.21 bits per heavy atom. The molecule has 1 amide bonds. The summed E-state index contributed by atoms with van der Waals surface area (Å²) in [5.74, 6) is -0.279. The highest BCUT2D eigenvalue weighted by molar-refractivity contribution is 7.91. The molecule has 1 fully saturated rings. The van der Waals surface area contributed by atoms with Gasteiger partial charge in [0.05, 0.1) is 28.1 Å². The van der Waals surface area contributed by atoms with Crippen molar-refractivity contribution in [3.8, 4) is 10.6 Å². The maximum absolute atomic E-state index is 12.7. The second-order valence-corrected chi connectivity index (χ2v) is 10.2. The standard InChI is InChI=1S/C20H19N3O4S2/c1-13(24)14-4-6-15(7-5-14)21-20(25)17-11-18(19-3-2-9-28-19)23(22-17)16-8-10-29(26,27)12-16/h2-7,9,11,16H,8,10,12H2,1H3,(H,21,25). The number of anilines is 1. The number of hydrogen-bond donors (Lipinski definition) is 1. The van der Waals surface area contributed by atoms with Gasteiger partial charge in [0.2, 0.25) is 0 Å². The fraction of sp³-hybridized carbons (Fsp3) is 0.250. The third-order valence-corrected chi connectivity index (χ3v) is 7.49. The van der Waals surface area contributed by atoms with Crippen molar-refractivity contribution in [1.29, 1.82) is 0 Å². The van der Waals surface area contributed by atoms with Crippen molar-refractivity contribution in [2.45, 2.75) is 19.4 Å². The fourth-order valence-electron chi connectivity index (χ4n) is 3.34. The maximum Gasteiger partial charge on any atom is 0.276 e. The topological polar surface area (TPSA) is 98.1 Å². The van der Waals surface area contributed by atoms with Crippen LogP contribution < -0.4 is 5.32 Å². The van der Waals surface area contributed by atoms with Gasteiger partial charge < -0.3 is 5.32 Å². The van der Waals surface area contributed by atoms with Gasteiger partial charge in [0, 0.05) is 11.3 Å². The van der Waals surface area contributed by atoms with Crippen LogP contribution in [0.4, 0.5) is 5.69 Å². The Balaban J connectivity index is 1.63. The number of aromatic nitrogens is 2. The van der Waals surface area contributed by atoms with Gasteiger partial charge in [-0.25, -0.2) is 8.42 Å². The van der Waals surface area contributed by atoms with Gasteiger partial charge in [-0.3, -0.25) is 14.3 Å². The largest absolute Gasteiger partial charge is 0.321 e. The molecule has 2 aromatic heterocycles. The van der Waals surface area contributed by atoms with Crippen molar-refractivity contribution in [1.82, 2.24) is 9.78 Å². The molecular weight excluding hydrogens is 410 g/mol. The van der Waals surface area contributed by atoms with E-state index in [0.717, 1.165) is 10.6 Å². The summed E-state index contributed by atoms with van der Waals surface area (Å²) in [7, 11) is -3.09. The average molecular weight is 430 g/mol. The van der Waals surface area contributed by atoms with Crippen LogP contribution in [0.3, 0.4) is 0 Å². The van der Waals surface area contributed by atoms with Crippen LogP contribution in [-0.4, -0.2) is 41.4 Å². The van der Waals surface area contributed by atoms with Gasteiger partial charge in [-0.15, -0.1) is 11.3 Å². The Morgan fingerprint density at radius 3 is 2.55 bits per heavy atom. The monoisotopic (exact) mass is 429 g/mol. The van der Waals surface area contributed by atoms with Gasteiger partial charge in [0.25, 0.3) is 5.91 Å². The van der Waals surface area contributed by atoms with E-state index in [9.17, 15) is 18.0 Å². The molecule has 0 spiro atoms. The number of nitrogens with zero attached hydrogens (tertiary/aromatic N) is 2. The minimum Gasteiger partial charge on any atom is -0.321 e. The number of hydrogen-bond acceptors (Lipinski definition) is 6. The van der Waals surface area contributed by atoms with Crippen LogP contribution in [0.25, 0.3) is 10.6 Å². The van der Waals surface area contributed by atoms with Crippen LogP contribution in [0, 0.1) is 0 Å². The van der Waals surface area contributed by atoms with Crippen molar-refractivity contribution in [2.75, 3.05) is 16.8 Å². The molecule has 4 rings (SSSR count). The first-order valence-corrected chi connectivity index (χ1v) is 11.8. The highest BCUT2D eigenvalue weighted by Gasteiger charge is 2.32. The zero-order valence-corrected chi connectivity index (χ0v) is 17.3. The number of Topliss-reactive ketones (excluding diaryl/α,β-unsaturated/α-hetero) is 1. The van der Waals surface area contributed by atoms with Crippen molar-refractivity contribution < 1.29 is 18.0 Å². The number of rotatable bonds is 5. The number of ketones is 1. The van der Waals surface area contributed by atoms with Crippen molar-refractivity contribution in [2.24, 2.45) is 0 Å². The number of nitrogens with one attached hydrogen (secondary N) is 1. The molecule has 1 aromatic carbocycles. The minimum absolute atomic E-state index is 0.0284. The lowest BCUT2D eigenvalue weighted by molar-refractivity contribution is 0.101. The first-order valence-electron chi connectivity index (χ1n) is 9.08. The van der Waals surface area contributed by atoms with Crippen LogP contribution in [-0.2, 0) is 9.84 Å². The summed E-state index contributed by atoms with van der Waals surface area (Å²) in [4.78, 5) is 25.0. The molecule has 3 aromatic rings. The molecule has 0 aliphatic carbocycles. The minimum atomic E-state index is -3.09. The van der Waals surface area contributed by atoms with E-state index in [-0.39, 0.29) is 29.0 Å². The fourth-order valence-corrected chi connectivity index (χ4v) is 5.77. The van der Waals surface area contributed by atoms with Gasteiger partial charge in [-0.1, -0.05) is 6.07 Å². The molecule has 0 saturated carbocycles. The molecule has 0 bridgehead atoms. The summed E-state index contributed by atoms with van der Waals surface area (Å²) in [5.41, 5.74) is 2.07. The van der Waals surface area contributed by atoms with Crippen LogP contribution in [0.15, 0.2) is 47.8 Å². The highest BCUT2D eigenvalue weighted by Crippen LogP contribution is 2.32. The highest BCUT2D eigenvalue weighted by atomic mass is 32.2. The quantitative estimate of drug-likeness (QED) is 0.627. The molecule has 1 N–H and O–H groups in total. The molecular formula is C20H19N3O4S2. The molecule has 1 unspecified atom stereocenters. The Morgan fingerprint density at radius 2 is 1.97 bits per heavy atom. The predicted octanol–water partition coefficient (Wildman–Crippen LogP) is 3.43. The van der Waals surface area contributed by atoms with Crippen molar-refractivity contribution in [3.63, 3.8) is 0 Å². The third kappa shape index (κ3) is 4.15. The molecule has 29 heavy (non-hydrogen) atoms. The summed E-state index contributed by atoms with van der Waals surface area (Å²) in [5, 5.41) is 9.15. The maximum atomic E-state index is 12.7. The van der Waals surface area contributed by atoms with Crippen LogP contribution in [0.5, 0.6) is 0 Å². The first kappa shape index (κ1) is 19.5. The molecule has 1 aliphatic rings. The second-order valence-electron chi connectivity index (χ2n) is 6.98. The Labute approximate surface area is 172 Å². The van der Waals surface area contributed by atoms with E-state index < -0.39 is 15.7 Å².